The molecule has 1 heterocycles. The molecule has 0 bridgehead atoms. The van der Waals surface area contributed by atoms with Gasteiger partial charge in [0.05, 0.1) is 12.2 Å². The van der Waals surface area contributed by atoms with E-state index in [1.165, 1.54) is 44.9 Å². The molecule has 17 heavy (non-hydrogen) atoms. The summed E-state index contributed by atoms with van der Waals surface area (Å²) in [6.45, 7) is 6.79. The highest BCUT2D eigenvalue weighted by atomic mass is 16.5. The fourth-order valence-electron chi connectivity index (χ4n) is 3.60. The third-order valence-corrected chi connectivity index (χ3v) is 5.23. The number of hydrogen-bond donors (Lipinski definition) is 1. The second-order valence-electron chi connectivity index (χ2n) is 7.26. The second kappa shape index (κ2) is 4.24. The first-order valence-corrected chi connectivity index (χ1v) is 7.47. The van der Waals surface area contributed by atoms with Crippen LogP contribution in [-0.4, -0.2) is 24.8 Å². The minimum atomic E-state index is 0.191. The third kappa shape index (κ3) is 2.53. The zero-order valence-electron chi connectivity index (χ0n) is 11.4. The van der Waals surface area contributed by atoms with Crippen LogP contribution in [-0.2, 0) is 4.74 Å². The topological polar surface area (TPSA) is 21.3 Å². The first kappa shape index (κ1) is 12.0. The van der Waals surface area contributed by atoms with E-state index in [4.69, 9.17) is 4.74 Å². The lowest BCUT2D eigenvalue weighted by atomic mass is 9.67. The largest absolute Gasteiger partial charge is 0.372 e. The summed E-state index contributed by atoms with van der Waals surface area (Å²) in [6, 6.07) is 0.639. The predicted molar refractivity (Wildman–Crippen MR) is 70.1 cm³/mol. The van der Waals surface area contributed by atoms with Crippen molar-refractivity contribution >= 4 is 0 Å². The summed E-state index contributed by atoms with van der Waals surface area (Å²) < 4.78 is 6.28. The highest BCUT2D eigenvalue weighted by Gasteiger charge is 2.47. The molecule has 0 aromatic carbocycles. The Hall–Kier alpha value is -0.0800. The minimum Gasteiger partial charge on any atom is -0.372 e. The maximum Gasteiger partial charge on any atom is 0.0835 e. The maximum atomic E-state index is 6.28. The van der Waals surface area contributed by atoms with Gasteiger partial charge in [0.25, 0.3) is 0 Å². The first-order valence-electron chi connectivity index (χ1n) is 7.47. The van der Waals surface area contributed by atoms with E-state index in [0.717, 1.165) is 19.1 Å². The molecule has 1 aliphatic heterocycles. The van der Waals surface area contributed by atoms with Crippen LogP contribution < -0.4 is 5.32 Å². The van der Waals surface area contributed by atoms with Gasteiger partial charge in [-0.25, -0.2) is 0 Å². The van der Waals surface area contributed by atoms with E-state index in [-0.39, 0.29) is 5.60 Å². The number of nitrogens with one attached hydrogen (secondary N) is 1. The fraction of sp³-hybridized carbons (Fsp3) is 1.00. The molecule has 2 saturated carbocycles. The highest BCUT2D eigenvalue weighted by molar-refractivity contribution is 5.02. The molecule has 1 saturated heterocycles. The summed E-state index contributed by atoms with van der Waals surface area (Å²) in [5, 5.41) is 3.75. The number of hydrogen-bond acceptors (Lipinski definition) is 2. The summed E-state index contributed by atoms with van der Waals surface area (Å²) in [5.41, 5.74) is 0.729. The van der Waals surface area contributed by atoms with Crippen molar-refractivity contribution in [3.63, 3.8) is 0 Å². The zero-order chi connectivity index (χ0) is 11.9. The Kier molecular flexibility index (Phi) is 2.99. The van der Waals surface area contributed by atoms with Crippen LogP contribution >= 0.6 is 0 Å². The molecule has 1 N–H and O–H groups in total. The molecule has 0 amide bonds. The van der Waals surface area contributed by atoms with Crippen LogP contribution in [0.4, 0.5) is 0 Å². The van der Waals surface area contributed by atoms with Gasteiger partial charge in [0, 0.05) is 12.6 Å². The van der Waals surface area contributed by atoms with Gasteiger partial charge >= 0.3 is 0 Å². The van der Waals surface area contributed by atoms with Crippen LogP contribution in [0.25, 0.3) is 0 Å². The Morgan fingerprint density at radius 3 is 2.47 bits per heavy atom. The Bertz CT molecular complexity index is 273. The summed E-state index contributed by atoms with van der Waals surface area (Å²) in [4.78, 5) is 0. The van der Waals surface area contributed by atoms with Crippen molar-refractivity contribution in [1.29, 1.82) is 0 Å². The van der Waals surface area contributed by atoms with E-state index in [0.29, 0.717) is 11.5 Å². The van der Waals surface area contributed by atoms with Gasteiger partial charge in [0.2, 0.25) is 0 Å². The van der Waals surface area contributed by atoms with Crippen molar-refractivity contribution in [2.45, 2.75) is 70.4 Å². The molecule has 3 fully saturated rings. The van der Waals surface area contributed by atoms with Gasteiger partial charge < -0.3 is 10.1 Å². The Labute approximate surface area is 105 Å². The van der Waals surface area contributed by atoms with E-state index in [1.54, 1.807) is 0 Å². The molecule has 0 radical (unpaired) electrons. The number of ether oxygens (including phenoxy) is 1. The van der Waals surface area contributed by atoms with E-state index >= 15 is 0 Å². The van der Waals surface area contributed by atoms with Crippen LogP contribution in [0.1, 0.15) is 58.8 Å². The Morgan fingerprint density at radius 2 is 1.82 bits per heavy atom. The maximum absolute atomic E-state index is 6.28. The van der Waals surface area contributed by atoms with Crippen molar-refractivity contribution in [2.75, 3.05) is 13.2 Å². The van der Waals surface area contributed by atoms with Crippen LogP contribution in [0.2, 0.25) is 0 Å². The van der Waals surface area contributed by atoms with Gasteiger partial charge in [-0.1, -0.05) is 26.7 Å². The lowest BCUT2D eigenvalue weighted by molar-refractivity contribution is -0.133. The molecule has 1 unspecified atom stereocenters. The quantitative estimate of drug-likeness (QED) is 0.797. The molecule has 98 valence electrons. The van der Waals surface area contributed by atoms with Gasteiger partial charge in [0.15, 0.2) is 0 Å². The van der Waals surface area contributed by atoms with Gasteiger partial charge in [0.1, 0.15) is 0 Å². The van der Waals surface area contributed by atoms with Crippen molar-refractivity contribution in [3.8, 4) is 0 Å². The van der Waals surface area contributed by atoms with Gasteiger partial charge in [-0.05, 0) is 43.4 Å². The van der Waals surface area contributed by atoms with Crippen molar-refractivity contribution in [3.05, 3.63) is 0 Å². The smallest absolute Gasteiger partial charge is 0.0835 e. The van der Waals surface area contributed by atoms with Crippen molar-refractivity contribution in [1.82, 2.24) is 5.32 Å². The predicted octanol–water partition coefficient (Wildman–Crippen LogP) is 3.11. The minimum absolute atomic E-state index is 0.191. The molecule has 1 atom stereocenters. The number of morpholine rings is 1. The summed E-state index contributed by atoms with van der Waals surface area (Å²) in [7, 11) is 0. The average molecular weight is 237 g/mol. The van der Waals surface area contributed by atoms with Gasteiger partial charge in [-0.2, -0.15) is 0 Å². The van der Waals surface area contributed by atoms with E-state index in [2.05, 4.69) is 19.2 Å². The normalized spacial score (nSPS) is 36.0. The molecular weight excluding hydrogens is 210 g/mol. The molecule has 3 rings (SSSR count). The van der Waals surface area contributed by atoms with Crippen LogP contribution in [0.5, 0.6) is 0 Å². The second-order valence-corrected chi connectivity index (χ2v) is 7.26. The molecule has 2 nitrogen and oxygen atoms in total. The third-order valence-electron chi connectivity index (χ3n) is 5.23. The SMILES string of the molecule is CC1(C)CCC2(CC1)OCCNC2CC1CC1. The monoisotopic (exact) mass is 237 g/mol. The number of rotatable bonds is 2. The summed E-state index contributed by atoms with van der Waals surface area (Å²) >= 11 is 0. The molecule has 0 aromatic rings. The molecule has 1 spiro atoms. The van der Waals surface area contributed by atoms with Gasteiger partial charge in [-0.3, -0.25) is 0 Å². The highest BCUT2D eigenvalue weighted by Crippen LogP contribution is 2.47. The molecular formula is C15H27NO. The molecule has 2 heteroatoms. The Morgan fingerprint density at radius 1 is 1.12 bits per heavy atom. The van der Waals surface area contributed by atoms with Gasteiger partial charge in [-0.15, -0.1) is 0 Å². The van der Waals surface area contributed by atoms with Crippen molar-refractivity contribution in [2.24, 2.45) is 11.3 Å². The fourth-order valence-corrected chi connectivity index (χ4v) is 3.60. The summed E-state index contributed by atoms with van der Waals surface area (Å²) in [6.07, 6.45) is 9.47. The molecule has 3 aliphatic rings. The van der Waals surface area contributed by atoms with Crippen LogP contribution in [0.3, 0.4) is 0 Å². The summed E-state index contributed by atoms with van der Waals surface area (Å²) in [5.74, 6) is 1.00. The average Bonchev–Trinajstić information content (AvgIpc) is 3.10. The lowest BCUT2D eigenvalue weighted by Crippen LogP contribution is -2.60. The van der Waals surface area contributed by atoms with E-state index in [1.807, 2.05) is 0 Å². The van der Waals surface area contributed by atoms with Crippen molar-refractivity contribution < 1.29 is 4.74 Å². The molecule has 0 aromatic heterocycles. The zero-order valence-corrected chi connectivity index (χ0v) is 11.4. The van der Waals surface area contributed by atoms with Crippen LogP contribution in [0, 0.1) is 11.3 Å². The van der Waals surface area contributed by atoms with Crippen LogP contribution in [0.15, 0.2) is 0 Å². The van der Waals surface area contributed by atoms with E-state index < -0.39 is 0 Å². The first-order chi connectivity index (χ1) is 8.10. The molecule has 2 aliphatic carbocycles. The Balaban J connectivity index is 1.68. The lowest BCUT2D eigenvalue weighted by Gasteiger charge is -2.50. The standard InChI is InChI=1S/C15H27NO/c1-14(2)5-7-15(8-6-14)13(11-12-3-4-12)16-9-10-17-15/h12-13,16H,3-11H2,1-2H3. The van der Waals surface area contributed by atoms with E-state index in [9.17, 15) is 0 Å².